The van der Waals surface area contributed by atoms with E-state index in [1.165, 1.54) is 12.0 Å². The van der Waals surface area contributed by atoms with Gasteiger partial charge in [0.2, 0.25) is 0 Å². The Morgan fingerprint density at radius 3 is 2.52 bits per heavy atom. The minimum atomic E-state index is -0.219. The lowest BCUT2D eigenvalue weighted by Crippen LogP contribution is -2.44. The smallest absolute Gasteiger partial charge is 0.263 e. The summed E-state index contributed by atoms with van der Waals surface area (Å²) in [5.41, 5.74) is 2.18. The highest BCUT2D eigenvalue weighted by Gasteiger charge is 2.29. The number of pyridine rings is 1. The van der Waals surface area contributed by atoms with Crippen molar-refractivity contribution in [1.82, 2.24) is 15.2 Å². The van der Waals surface area contributed by atoms with Gasteiger partial charge < -0.3 is 15.2 Å². The Bertz CT molecular complexity index is 900. The minimum Gasteiger partial charge on any atom is -0.349 e. The van der Waals surface area contributed by atoms with Gasteiger partial charge in [0.05, 0.1) is 0 Å². The van der Waals surface area contributed by atoms with Crippen LogP contribution in [-0.4, -0.2) is 29.6 Å². The van der Waals surface area contributed by atoms with Gasteiger partial charge in [-0.15, -0.1) is 0 Å². The molecule has 1 saturated carbocycles. The molecule has 1 aromatic heterocycles. The molecule has 4 rings (SSSR count). The third kappa shape index (κ3) is 4.30. The molecule has 2 heterocycles. The first-order chi connectivity index (χ1) is 14.1. The van der Waals surface area contributed by atoms with Crippen molar-refractivity contribution in [3.63, 3.8) is 0 Å². The zero-order valence-electron chi connectivity index (χ0n) is 17.2. The molecule has 2 fully saturated rings. The van der Waals surface area contributed by atoms with Gasteiger partial charge in [0, 0.05) is 24.2 Å². The molecule has 2 aromatic rings. The van der Waals surface area contributed by atoms with Gasteiger partial charge in [-0.1, -0.05) is 43.2 Å². The second-order valence-electron chi connectivity index (χ2n) is 8.45. The molecule has 1 saturated heterocycles. The molecule has 2 aliphatic rings. The average Bonchev–Trinajstić information content (AvgIpc) is 2.75. The topological polar surface area (TPSA) is 63.1 Å². The van der Waals surface area contributed by atoms with E-state index in [4.69, 9.17) is 0 Å². The summed E-state index contributed by atoms with van der Waals surface area (Å²) < 4.78 is 1.78. The summed E-state index contributed by atoms with van der Waals surface area (Å²) in [5, 5.41) is 6.56. The van der Waals surface area contributed by atoms with E-state index in [-0.39, 0.29) is 23.6 Å². The molecule has 154 valence electrons. The van der Waals surface area contributed by atoms with Gasteiger partial charge in [-0.25, -0.2) is 0 Å². The van der Waals surface area contributed by atoms with Crippen LogP contribution in [0.5, 0.6) is 0 Å². The van der Waals surface area contributed by atoms with Gasteiger partial charge in [0.15, 0.2) is 0 Å². The van der Waals surface area contributed by atoms with Crippen molar-refractivity contribution in [2.75, 3.05) is 13.1 Å². The molecular formula is C24H31N3O2. The molecule has 2 atom stereocenters. The first kappa shape index (κ1) is 19.9. The van der Waals surface area contributed by atoms with Crippen molar-refractivity contribution in [2.45, 2.75) is 63.5 Å². The molecule has 1 amide bonds. The number of nitrogens with zero attached hydrogens (tertiary/aromatic N) is 1. The van der Waals surface area contributed by atoms with Gasteiger partial charge in [-0.05, 0) is 62.9 Å². The molecule has 1 aliphatic carbocycles. The number of amides is 1. The molecule has 0 radical (unpaired) electrons. The van der Waals surface area contributed by atoms with E-state index >= 15 is 0 Å². The maximum absolute atomic E-state index is 13.2. The van der Waals surface area contributed by atoms with Crippen molar-refractivity contribution in [3.05, 3.63) is 69.6 Å². The van der Waals surface area contributed by atoms with Gasteiger partial charge in [0.25, 0.3) is 11.5 Å². The van der Waals surface area contributed by atoms with Gasteiger partial charge in [0.1, 0.15) is 5.56 Å². The fourth-order valence-electron chi connectivity index (χ4n) is 4.93. The Morgan fingerprint density at radius 2 is 1.76 bits per heavy atom. The number of hydrogen-bond donors (Lipinski definition) is 2. The fourth-order valence-corrected chi connectivity index (χ4v) is 4.93. The lowest BCUT2D eigenvalue weighted by Gasteiger charge is -2.33. The molecule has 1 aromatic carbocycles. The summed E-state index contributed by atoms with van der Waals surface area (Å²) in [4.78, 5) is 26.4. The Balaban J connectivity index is 1.58. The number of aryl methyl sites for hydroxylation is 1. The zero-order chi connectivity index (χ0) is 20.2. The number of rotatable bonds is 4. The van der Waals surface area contributed by atoms with Crippen LogP contribution >= 0.6 is 0 Å². The predicted octanol–water partition coefficient (Wildman–Crippen LogP) is 3.54. The Kier molecular flexibility index (Phi) is 6.14. The molecule has 0 bridgehead atoms. The summed E-state index contributed by atoms with van der Waals surface area (Å²) >= 11 is 0. The number of piperidine rings is 1. The Morgan fingerprint density at radius 1 is 1.03 bits per heavy atom. The van der Waals surface area contributed by atoms with Crippen LogP contribution < -0.4 is 16.2 Å². The van der Waals surface area contributed by atoms with E-state index in [9.17, 15) is 9.59 Å². The maximum atomic E-state index is 13.2. The number of aromatic nitrogens is 1. The van der Waals surface area contributed by atoms with Crippen LogP contribution in [-0.2, 0) is 0 Å². The molecular weight excluding hydrogens is 362 g/mol. The van der Waals surface area contributed by atoms with Crippen molar-refractivity contribution in [1.29, 1.82) is 0 Å². The van der Waals surface area contributed by atoms with E-state index in [1.807, 2.05) is 25.3 Å². The number of nitrogens with one attached hydrogen (secondary N) is 2. The van der Waals surface area contributed by atoms with E-state index in [0.29, 0.717) is 11.5 Å². The summed E-state index contributed by atoms with van der Waals surface area (Å²) in [6, 6.07) is 12.6. The lowest BCUT2D eigenvalue weighted by molar-refractivity contribution is 0.0917. The van der Waals surface area contributed by atoms with Crippen molar-refractivity contribution in [2.24, 2.45) is 0 Å². The zero-order valence-corrected chi connectivity index (χ0v) is 17.2. The third-order valence-electron chi connectivity index (χ3n) is 6.57. The van der Waals surface area contributed by atoms with Crippen LogP contribution in [0.4, 0.5) is 0 Å². The lowest BCUT2D eigenvalue weighted by atomic mass is 9.80. The third-order valence-corrected chi connectivity index (χ3v) is 6.57. The highest BCUT2D eigenvalue weighted by molar-refractivity contribution is 5.95. The highest BCUT2D eigenvalue weighted by atomic mass is 16.2. The van der Waals surface area contributed by atoms with Crippen LogP contribution in [0.1, 0.15) is 72.0 Å². The first-order valence-electron chi connectivity index (χ1n) is 10.9. The minimum absolute atomic E-state index is 0.0741. The fraction of sp³-hybridized carbons (Fsp3) is 0.500. The van der Waals surface area contributed by atoms with Crippen molar-refractivity contribution >= 4 is 5.91 Å². The molecule has 5 heteroatoms. The standard InChI is InChI=1S/C24H31N3O2/c1-17-13-16-27(19-11-14-25-15-12-19)24(29)22(17)23(28)26-21-10-6-5-9-20(21)18-7-3-2-4-8-18/h2-4,7-8,13,16,19-21,25H,5-6,9-12,14-15H2,1H3,(H,26,28)/t20-,21+/m0/s1. The van der Waals surface area contributed by atoms with Crippen LogP contribution in [0, 0.1) is 6.92 Å². The summed E-state index contributed by atoms with van der Waals surface area (Å²) in [5.74, 6) is 0.0909. The van der Waals surface area contributed by atoms with E-state index in [1.54, 1.807) is 4.57 Å². The predicted molar refractivity (Wildman–Crippen MR) is 115 cm³/mol. The molecule has 29 heavy (non-hydrogen) atoms. The summed E-state index contributed by atoms with van der Waals surface area (Å²) in [6.45, 7) is 3.68. The second kappa shape index (κ2) is 8.95. The van der Waals surface area contributed by atoms with E-state index in [2.05, 4.69) is 34.9 Å². The second-order valence-corrected chi connectivity index (χ2v) is 8.45. The van der Waals surface area contributed by atoms with Crippen LogP contribution in [0.15, 0.2) is 47.4 Å². The van der Waals surface area contributed by atoms with Crippen molar-refractivity contribution in [3.8, 4) is 0 Å². The molecule has 1 aliphatic heterocycles. The Labute approximate surface area is 172 Å². The number of benzene rings is 1. The highest BCUT2D eigenvalue weighted by Crippen LogP contribution is 2.33. The van der Waals surface area contributed by atoms with Crippen molar-refractivity contribution < 1.29 is 4.79 Å². The molecule has 2 N–H and O–H groups in total. The largest absolute Gasteiger partial charge is 0.349 e. The molecule has 0 unspecified atom stereocenters. The summed E-state index contributed by atoms with van der Waals surface area (Å²) in [7, 11) is 0. The first-order valence-corrected chi connectivity index (χ1v) is 10.9. The monoisotopic (exact) mass is 393 g/mol. The average molecular weight is 394 g/mol. The molecule has 5 nitrogen and oxygen atoms in total. The number of carbonyl (C=O) groups excluding carboxylic acids is 1. The number of hydrogen-bond acceptors (Lipinski definition) is 3. The van der Waals surface area contributed by atoms with E-state index in [0.717, 1.165) is 50.8 Å². The number of carbonyl (C=O) groups is 1. The normalized spacial score (nSPS) is 22.9. The van der Waals surface area contributed by atoms with Crippen LogP contribution in [0.25, 0.3) is 0 Å². The maximum Gasteiger partial charge on any atom is 0.263 e. The molecule has 0 spiro atoms. The van der Waals surface area contributed by atoms with Gasteiger partial charge in [-0.3, -0.25) is 9.59 Å². The van der Waals surface area contributed by atoms with Crippen LogP contribution in [0.2, 0.25) is 0 Å². The quantitative estimate of drug-likeness (QED) is 0.835. The SMILES string of the molecule is Cc1ccn(C2CCNCC2)c(=O)c1C(=O)N[C@@H]1CCCC[C@H]1c1ccccc1. The van der Waals surface area contributed by atoms with Gasteiger partial charge in [-0.2, -0.15) is 0 Å². The van der Waals surface area contributed by atoms with E-state index < -0.39 is 0 Å². The van der Waals surface area contributed by atoms with Gasteiger partial charge >= 0.3 is 0 Å². The van der Waals surface area contributed by atoms with Crippen LogP contribution in [0.3, 0.4) is 0 Å². The Hall–Kier alpha value is -2.40. The summed E-state index contributed by atoms with van der Waals surface area (Å²) in [6.07, 6.45) is 8.02.